The van der Waals surface area contributed by atoms with Gasteiger partial charge in [0.2, 0.25) is 0 Å². The van der Waals surface area contributed by atoms with Gasteiger partial charge in [0.25, 0.3) is 5.91 Å². The minimum Gasteiger partial charge on any atom is -0.318 e. The number of para-hydroxylation sites is 1. The number of amides is 1. The second-order valence-corrected chi connectivity index (χ2v) is 6.52. The molecule has 1 aromatic carbocycles. The van der Waals surface area contributed by atoms with Crippen LogP contribution in [-0.2, 0) is 7.05 Å². The van der Waals surface area contributed by atoms with Gasteiger partial charge in [0.1, 0.15) is 4.88 Å². The maximum Gasteiger partial charge on any atom is 0.270 e. The quantitative estimate of drug-likeness (QED) is 0.572. The van der Waals surface area contributed by atoms with Crippen LogP contribution in [0.2, 0.25) is 0 Å². The SMILES string of the molecule is CC.CC.Cc1nc(N(C)c2cnn(C)c2)sc1C(=O)N(C)c1ccccc1.[B]. The molecule has 2 heterocycles. The monoisotopic (exact) mass is 412 g/mol. The summed E-state index contributed by atoms with van der Waals surface area (Å²) in [4.78, 5) is 21.6. The van der Waals surface area contributed by atoms with Gasteiger partial charge in [-0.1, -0.05) is 57.2 Å². The van der Waals surface area contributed by atoms with Gasteiger partial charge in [-0.05, 0) is 19.1 Å². The Morgan fingerprint density at radius 3 is 2.14 bits per heavy atom. The summed E-state index contributed by atoms with van der Waals surface area (Å²) in [6.07, 6.45) is 3.68. The van der Waals surface area contributed by atoms with Gasteiger partial charge in [-0.15, -0.1) is 0 Å². The van der Waals surface area contributed by atoms with E-state index in [1.807, 2.05) is 90.1 Å². The summed E-state index contributed by atoms with van der Waals surface area (Å²) >= 11 is 1.39. The molecular weight excluding hydrogens is 381 g/mol. The average Bonchev–Trinajstić information content (AvgIpc) is 3.35. The van der Waals surface area contributed by atoms with Crippen molar-refractivity contribution in [2.75, 3.05) is 23.9 Å². The Morgan fingerprint density at radius 2 is 1.62 bits per heavy atom. The highest BCUT2D eigenvalue weighted by molar-refractivity contribution is 7.17. The van der Waals surface area contributed by atoms with Crippen molar-refractivity contribution in [2.24, 2.45) is 7.05 Å². The molecule has 0 aliphatic rings. The Hall–Kier alpha value is -2.61. The first-order valence-corrected chi connectivity index (χ1v) is 10.3. The number of carbonyl (C=O) groups excluding carboxylic acids is 1. The van der Waals surface area contributed by atoms with Crippen LogP contribution < -0.4 is 9.80 Å². The first-order chi connectivity index (χ1) is 13.5. The van der Waals surface area contributed by atoms with Crippen LogP contribution in [0.25, 0.3) is 0 Å². The van der Waals surface area contributed by atoms with E-state index in [1.165, 1.54) is 11.3 Å². The highest BCUT2D eigenvalue weighted by Gasteiger charge is 2.22. The van der Waals surface area contributed by atoms with Crippen LogP contribution >= 0.6 is 11.3 Å². The van der Waals surface area contributed by atoms with Crippen LogP contribution in [0.4, 0.5) is 16.5 Å². The molecular formula is C21H31BN5OS. The predicted octanol–water partition coefficient (Wildman–Crippen LogP) is 4.90. The Kier molecular flexibility index (Phi) is 11.6. The lowest BCUT2D eigenvalue weighted by Gasteiger charge is -2.16. The number of hydrogen-bond donors (Lipinski definition) is 0. The zero-order chi connectivity index (χ0) is 21.3. The summed E-state index contributed by atoms with van der Waals surface area (Å²) < 4.78 is 1.74. The number of benzene rings is 1. The standard InChI is InChI=1S/C17H19N5OS.2C2H6.B/c1-12-15(16(23)21(3)13-8-6-5-7-9-13)24-17(19-12)22(4)14-10-18-20(2)11-14;2*1-2;/h5-11H,1-4H3;2*1-2H3;. The molecule has 3 aromatic rings. The molecule has 29 heavy (non-hydrogen) atoms. The largest absolute Gasteiger partial charge is 0.318 e. The lowest BCUT2D eigenvalue weighted by atomic mass is 10.3. The lowest BCUT2D eigenvalue weighted by Crippen LogP contribution is -2.25. The van der Waals surface area contributed by atoms with Crippen LogP contribution in [0.1, 0.15) is 43.1 Å². The molecule has 3 radical (unpaired) electrons. The van der Waals surface area contributed by atoms with Gasteiger partial charge in [-0.2, -0.15) is 5.10 Å². The molecule has 0 fully saturated rings. The van der Waals surface area contributed by atoms with Crippen molar-refractivity contribution in [3.8, 4) is 0 Å². The fourth-order valence-electron chi connectivity index (χ4n) is 2.34. The molecule has 0 N–H and O–H groups in total. The van der Waals surface area contributed by atoms with Crippen LogP contribution in [0, 0.1) is 6.92 Å². The van der Waals surface area contributed by atoms with Crippen LogP contribution in [0.15, 0.2) is 42.7 Å². The van der Waals surface area contributed by atoms with Gasteiger partial charge in [0.05, 0.1) is 17.6 Å². The molecule has 0 spiro atoms. The summed E-state index contributed by atoms with van der Waals surface area (Å²) in [6, 6.07) is 9.59. The number of hydrogen-bond acceptors (Lipinski definition) is 5. The minimum atomic E-state index is -0.0537. The summed E-state index contributed by atoms with van der Waals surface area (Å²) in [5, 5.41) is 4.94. The van der Waals surface area contributed by atoms with Gasteiger partial charge >= 0.3 is 0 Å². The van der Waals surface area contributed by atoms with Gasteiger partial charge in [-0.3, -0.25) is 9.48 Å². The molecule has 1 amide bonds. The first kappa shape index (κ1) is 26.4. The molecule has 0 aliphatic heterocycles. The Balaban J connectivity index is 0.00000148. The fourth-order valence-corrected chi connectivity index (χ4v) is 3.36. The number of thiazole rings is 1. The molecule has 0 unspecified atom stereocenters. The normalized spacial score (nSPS) is 9.24. The minimum absolute atomic E-state index is 0. The van der Waals surface area contributed by atoms with E-state index in [-0.39, 0.29) is 14.3 Å². The Bertz CT molecular complexity index is 863. The topological polar surface area (TPSA) is 54.3 Å². The number of rotatable bonds is 4. The molecule has 2 aromatic heterocycles. The van der Waals surface area contributed by atoms with E-state index in [9.17, 15) is 4.79 Å². The van der Waals surface area contributed by atoms with Gasteiger partial charge in [0, 0.05) is 41.4 Å². The van der Waals surface area contributed by atoms with Crippen LogP contribution in [0.3, 0.4) is 0 Å². The Labute approximate surface area is 180 Å². The van der Waals surface area contributed by atoms with Crippen molar-refractivity contribution in [1.82, 2.24) is 14.8 Å². The van der Waals surface area contributed by atoms with Crippen molar-refractivity contribution in [2.45, 2.75) is 34.6 Å². The van der Waals surface area contributed by atoms with Crippen molar-refractivity contribution in [3.05, 3.63) is 53.3 Å². The summed E-state index contributed by atoms with van der Waals surface area (Å²) in [7, 11) is 5.57. The third-order valence-electron chi connectivity index (χ3n) is 3.79. The number of carbonyl (C=O) groups is 1. The molecule has 6 nitrogen and oxygen atoms in total. The number of anilines is 3. The van der Waals surface area contributed by atoms with E-state index in [0.717, 1.165) is 22.2 Å². The molecule has 0 atom stereocenters. The number of aryl methyl sites for hydroxylation is 2. The number of nitrogens with zero attached hydrogens (tertiary/aromatic N) is 5. The van der Waals surface area contributed by atoms with Gasteiger partial charge in [-0.25, -0.2) is 4.98 Å². The van der Waals surface area contributed by atoms with E-state index in [2.05, 4.69) is 10.1 Å². The van der Waals surface area contributed by atoms with Gasteiger partial charge < -0.3 is 9.80 Å². The maximum atomic E-state index is 12.8. The molecule has 8 heteroatoms. The Morgan fingerprint density at radius 1 is 1.03 bits per heavy atom. The van der Waals surface area contributed by atoms with Crippen molar-refractivity contribution in [1.29, 1.82) is 0 Å². The van der Waals surface area contributed by atoms with Gasteiger partial charge in [0.15, 0.2) is 5.13 Å². The van der Waals surface area contributed by atoms with E-state index in [1.54, 1.807) is 22.8 Å². The summed E-state index contributed by atoms with van der Waals surface area (Å²) in [6.45, 7) is 9.86. The third kappa shape index (κ3) is 6.46. The van der Waals surface area contributed by atoms with Crippen LogP contribution in [-0.4, -0.2) is 43.2 Å². The van der Waals surface area contributed by atoms with E-state index < -0.39 is 0 Å². The van der Waals surface area contributed by atoms with Crippen molar-refractivity contribution >= 4 is 42.2 Å². The van der Waals surface area contributed by atoms with Crippen molar-refractivity contribution < 1.29 is 4.79 Å². The van der Waals surface area contributed by atoms with E-state index in [0.29, 0.717) is 4.88 Å². The lowest BCUT2D eigenvalue weighted by molar-refractivity contribution is 0.0996. The molecule has 0 saturated carbocycles. The predicted molar refractivity (Wildman–Crippen MR) is 126 cm³/mol. The molecule has 0 saturated heterocycles. The molecule has 155 valence electrons. The summed E-state index contributed by atoms with van der Waals surface area (Å²) in [5.41, 5.74) is 2.53. The van der Waals surface area contributed by atoms with Crippen molar-refractivity contribution in [3.63, 3.8) is 0 Å². The third-order valence-corrected chi connectivity index (χ3v) is 5.02. The maximum absolute atomic E-state index is 12.8. The molecule has 3 rings (SSSR count). The highest BCUT2D eigenvalue weighted by Crippen LogP contribution is 2.31. The average molecular weight is 412 g/mol. The summed E-state index contributed by atoms with van der Waals surface area (Å²) in [5.74, 6) is -0.0537. The molecule has 0 bridgehead atoms. The fraction of sp³-hybridized carbons (Fsp3) is 0.381. The number of aromatic nitrogens is 3. The second kappa shape index (κ2) is 12.8. The smallest absolute Gasteiger partial charge is 0.270 e. The second-order valence-electron chi connectivity index (χ2n) is 5.54. The highest BCUT2D eigenvalue weighted by atomic mass is 32.1. The first-order valence-electron chi connectivity index (χ1n) is 9.50. The van der Waals surface area contributed by atoms with E-state index in [4.69, 9.17) is 0 Å². The van der Waals surface area contributed by atoms with Crippen LogP contribution in [0.5, 0.6) is 0 Å². The molecule has 0 aliphatic carbocycles. The van der Waals surface area contributed by atoms with E-state index >= 15 is 0 Å². The zero-order valence-corrected chi connectivity index (χ0v) is 19.5. The zero-order valence-electron chi connectivity index (χ0n) is 18.7.